The predicted molar refractivity (Wildman–Crippen MR) is 91.8 cm³/mol. The average molecular weight is 307 g/mol. The van der Waals surface area contributed by atoms with Crippen molar-refractivity contribution in [1.29, 1.82) is 0 Å². The minimum Gasteiger partial charge on any atom is -0.313 e. The van der Waals surface area contributed by atoms with Gasteiger partial charge in [0.15, 0.2) is 0 Å². The summed E-state index contributed by atoms with van der Waals surface area (Å²) in [6.07, 6.45) is 9.97. The van der Waals surface area contributed by atoms with Gasteiger partial charge in [-0.3, -0.25) is 4.90 Å². The highest BCUT2D eigenvalue weighted by Crippen LogP contribution is 2.37. The number of nitrogens with one attached hydrogen (secondary N) is 1. The van der Waals surface area contributed by atoms with E-state index in [4.69, 9.17) is 0 Å². The Morgan fingerprint density at radius 2 is 2.10 bits per heavy atom. The third-order valence-electron chi connectivity index (χ3n) is 5.22. The molecule has 21 heavy (non-hydrogen) atoms. The zero-order chi connectivity index (χ0) is 14.5. The van der Waals surface area contributed by atoms with Crippen molar-refractivity contribution in [1.82, 2.24) is 10.2 Å². The molecule has 3 heteroatoms. The molecule has 118 valence electrons. The molecule has 0 unspecified atom stereocenters. The van der Waals surface area contributed by atoms with Gasteiger partial charge in [-0.25, -0.2) is 0 Å². The lowest BCUT2D eigenvalue weighted by Gasteiger charge is -2.41. The fourth-order valence-electron chi connectivity index (χ4n) is 3.72. The molecule has 1 aromatic rings. The van der Waals surface area contributed by atoms with Crippen molar-refractivity contribution in [3.63, 3.8) is 0 Å². The number of hydrogen-bond acceptors (Lipinski definition) is 3. The quantitative estimate of drug-likeness (QED) is 0.771. The fraction of sp³-hybridized carbons (Fsp3) is 0.778. The molecule has 0 aromatic carbocycles. The van der Waals surface area contributed by atoms with Gasteiger partial charge in [0, 0.05) is 30.6 Å². The van der Waals surface area contributed by atoms with E-state index in [9.17, 15) is 0 Å². The summed E-state index contributed by atoms with van der Waals surface area (Å²) < 4.78 is 0. The van der Waals surface area contributed by atoms with Crippen LogP contribution in [0.4, 0.5) is 0 Å². The minimum absolute atomic E-state index is 0.536. The smallest absolute Gasteiger partial charge is 0.0328 e. The van der Waals surface area contributed by atoms with E-state index < -0.39 is 0 Å². The van der Waals surface area contributed by atoms with Crippen molar-refractivity contribution in [2.75, 3.05) is 19.6 Å². The predicted octanol–water partition coefficient (Wildman–Crippen LogP) is 4.27. The van der Waals surface area contributed by atoms with Gasteiger partial charge >= 0.3 is 0 Å². The summed E-state index contributed by atoms with van der Waals surface area (Å²) in [7, 11) is 0. The number of thiophene rings is 1. The molecule has 2 fully saturated rings. The Morgan fingerprint density at radius 3 is 2.71 bits per heavy atom. The van der Waals surface area contributed by atoms with Gasteiger partial charge in [0.05, 0.1) is 0 Å². The van der Waals surface area contributed by atoms with Crippen LogP contribution >= 0.6 is 11.3 Å². The Kier molecular flexibility index (Phi) is 5.36. The Bertz CT molecular complexity index is 405. The van der Waals surface area contributed by atoms with Gasteiger partial charge < -0.3 is 5.32 Å². The molecule has 0 bridgehead atoms. The zero-order valence-corrected chi connectivity index (χ0v) is 14.3. The largest absolute Gasteiger partial charge is 0.313 e. The summed E-state index contributed by atoms with van der Waals surface area (Å²) in [5, 5.41) is 6.03. The van der Waals surface area contributed by atoms with Crippen LogP contribution in [0, 0.1) is 5.41 Å². The molecule has 0 amide bonds. The maximum atomic E-state index is 3.83. The highest BCUT2D eigenvalue weighted by Gasteiger charge is 2.35. The first-order valence-corrected chi connectivity index (χ1v) is 9.66. The van der Waals surface area contributed by atoms with Crippen molar-refractivity contribution in [3.8, 4) is 0 Å². The lowest BCUT2D eigenvalue weighted by molar-refractivity contribution is 0.101. The zero-order valence-electron chi connectivity index (χ0n) is 13.4. The van der Waals surface area contributed by atoms with Crippen LogP contribution in [-0.2, 0) is 6.54 Å². The van der Waals surface area contributed by atoms with Crippen LogP contribution in [0.3, 0.4) is 0 Å². The van der Waals surface area contributed by atoms with Gasteiger partial charge in [-0.05, 0) is 49.1 Å². The van der Waals surface area contributed by atoms with Crippen LogP contribution in [0.5, 0.6) is 0 Å². The third kappa shape index (κ3) is 4.54. The van der Waals surface area contributed by atoms with E-state index in [2.05, 4.69) is 34.7 Å². The number of hydrogen-bond donors (Lipinski definition) is 1. The van der Waals surface area contributed by atoms with Crippen molar-refractivity contribution >= 4 is 11.3 Å². The number of nitrogens with zero attached hydrogens (tertiary/aromatic N) is 1. The van der Waals surface area contributed by atoms with E-state index >= 15 is 0 Å². The van der Waals surface area contributed by atoms with E-state index in [1.54, 1.807) is 0 Å². The number of rotatable bonds is 8. The molecule has 1 aromatic heterocycles. The maximum absolute atomic E-state index is 3.83. The summed E-state index contributed by atoms with van der Waals surface area (Å²) in [5.41, 5.74) is 0.536. The molecule has 2 aliphatic rings. The Hall–Kier alpha value is -0.380. The first-order valence-electron chi connectivity index (χ1n) is 8.78. The van der Waals surface area contributed by atoms with Crippen LogP contribution in [0.15, 0.2) is 17.5 Å². The SMILES string of the molecule is CCN(Cc1cccs1)CC1(CNC2CC2)CCCCC1. The summed E-state index contributed by atoms with van der Waals surface area (Å²) >= 11 is 1.90. The monoisotopic (exact) mass is 306 g/mol. The Balaban J connectivity index is 1.60. The Morgan fingerprint density at radius 1 is 1.29 bits per heavy atom. The molecule has 0 atom stereocenters. The second kappa shape index (κ2) is 7.26. The third-order valence-corrected chi connectivity index (χ3v) is 6.08. The standard InChI is InChI=1S/C18H30N2S/c1-2-20(13-17-7-6-12-21-17)15-18(10-4-3-5-11-18)14-19-16-8-9-16/h6-7,12,16,19H,2-5,8-11,13-15H2,1H3. The molecular weight excluding hydrogens is 276 g/mol. The van der Waals surface area contributed by atoms with Crippen LogP contribution in [0.1, 0.15) is 56.7 Å². The summed E-state index contributed by atoms with van der Waals surface area (Å²) in [6, 6.07) is 5.30. The molecule has 1 N–H and O–H groups in total. The summed E-state index contributed by atoms with van der Waals surface area (Å²) in [5.74, 6) is 0. The molecule has 1 heterocycles. The normalized spacial score (nSPS) is 21.8. The first kappa shape index (κ1) is 15.5. The van der Waals surface area contributed by atoms with Gasteiger partial charge in [0.2, 0.25) is 0 Å². The molecule has 2 aliphatic carbocycles. The molecule has 0 spiro atoms. The molecule has 0 saturated heterocycles. The van der Waals surface area contributed by atoms with Crippen LogP contribution < -0.4 is 5.32 Å². The molecule has 3 rings (SSSR count). The van der Waals surface area contributed by atoms with Gasteiger partial charge in [0.1, 0.15) is 0 Å². The average Bonchev–Trinajstić information content (AvgIpc) is 3.21. The molecule has 0 radical (unpaired) electrons. The second-order valence-electron chi connectivity index (χ2n) is 7.10. The van der Waals surface area contributed by atoms with Crippen molar-refractivity contribution < 1.29 is 0 Å². The molecule has 2 nitrogen and oxygen atoms in total. The van der Waals surface area contributed by atoms with E-state index in [1.165, 1.54) is 69.5 Å². The topological polar surface area (TPSA) is 15.3 Å². The highest BCUT2D eigenvalue weighted by atomic mass is 32.1. The molecule has 0 aliphatic heterocycles. The highest BCUT2D eigenvalue weighted by molar-refractivity contribution is 7.09. The van der Waals surface area contributed by atoms with E-state index in [1.807, 2.05) is 11.3 Å². The maximum Gasteiger partial charge on any atom is 0.0328 e. The molecule has 2 saturated carbocycles. The fourth-order valence-corrected chi connectivity index (χ4v) is 4.46. The first-order chi connectivity index (χ1) is 10.3. The molecular formula is C18H30N2S. The van der Waals surface area contributed by atoms with E-state index in [-0.39, 0.29) is 0 Å². The van der Waals surface area contributed by atoms with Crippen molar-refractivity contribution in [2.24, 2.45) is 5.41 Å². The van der Waals surface area contributed by atoms with E-state index in [0.717, 1.165) is 12.6 Å². The van der Waals surface area contributed by atoms with Gasteiger partial charge in [0.25, 0.3) is 0 Å². The lowest BCUT2D eigenvalue weighted by atomic mass is 9.73. The second-order valence-corrected chi connectivity index (χ2v) is 8.13. The van der Waals surface area contributed by atoms with Gasteiger partial charge in [-0.1, -0.05) is 32.3 Å². The summed E-state index contributed by atoms with van der Waals surface area (Å²) in [6.45, 7) is 7.15. The van der Waals surface area contributed by atoms with E-state index in [0.29, 0.717) is 5.41 Å². The van der Waals surface area contributed by atoms with Crippen LogP contribution in [0.2, 0.25) is 0 Å². The minimum atomic E-state index is 0.536. The van der Waals surface area contributed by atoms with Crippen molar-refractivity contribution in [2.45, 2.75) is 64.5 Å². The van der Waals surface area contributed by atoms with Crippen molar-refractivity contribution in [3.05, 3.63) is 22.4 Å². The van der Waals surface area contributed by atoms with Crippen LogP contribution in [-0.4, -0.2) is 30.6 Å². The van der Waals surface area contributed by atoms with Gasteiger partial charge in [-0.2, -0.15) is 0 Å². The van der Waals surface area contributed by atoms with Gasteiger partial charge in [-0.15, -0.1) is 11.3 Å². The summed E-state index contributed by atoms with van der Waals surface area (Å²) in [4.78, 5) is 4.18. The lowest BCUT2D eigenvalue weighted by Crippen LogP contribution is -2.45. The van der Waals surface area contributed by atoms with Crippen LogP contribution in [0.25, 0.3) is 0 Å². The Labute approximate surface area is 133 Å².